The van der Waals surface area contributed by atoms with Crippen molar-refractivity contribution in [2.24, 2.45) is 5.73 Å². The fourth-order valence-electron chi connectivity index (χ4n) is 1.43. The number of benzene rings is 1. The molecule has 0 saturated carbocycles. The lowest BCUT2D eigenvalue weighted by atomic mass is 10.0. The topological polar surface area (TPSA) is 35.2 Å². The largest absolute Gasteiger partial charge is 0.493 e. The van der Waals surface area contributed by atoms with Gasteiger partial charge in [0.2, 0.25) is 0 Å². The minimum absolute atomic E-state index is 0.217. The third kappa shape index (κ3) is 2.04. The van der Waals surface area contributed by atoms with Gasteiger partial charge in [0.25, 0.3) is 0 Å². The third-order valence-corrected chi connectivity index (χ3v) is 2.24. The van der Waals surface area contributed by atoms with Gasteiger partial charge in [-0.2, -0.15) is 0 Å². The third-order valence-electron chi connectivity index (χ3n) is 2.24. The molecular weight excluding hydrogens is 181 g/mol. The van der Waals surface area contributed by atoms with Crippen LogP contribution in [-0.2, 0) is 6.42 Å². The summed E-state index contributed by atoms with van der Waals surface area (Å²) in [6.07, 6.45) is 0.792. The Labute approximate surface area is 83.9 Å². The molecule has 0 aliphatic rings. The maximum absolute atomic E-state index is 13.5. The quantitative estimate of drug-likeness (QED) is 0.807. The minimum atomic E-state index is -0.334. The van der Waals surface area contributed by atoms with Gasteiger partial charge in [0.1, 0.15) is 0 Å². The molecule has 14 heavy (non-hydrogen) atoms. The van der Waals surface area contributed by atoms with Crippen LogP contribution in [0.1, 0.15) is 31.0 Å². The van der Waals surface area contributed by atoms with Crippen LogP contribution in [0.3, 0.4) is 0 Å². The van der Waals surface area contributed by atoms with Crippen molar-refractivity contribution in [2.45, 2.75) is 26.3 Å². The van der Waals surface area contributed by atoms with Gasteiger partial charge in [-0.3, -0.25) is 0 Å². The maximum atomic E-state index is 13.5. The van der Waals surface area contributed by atoms with Gasteiger partial charge in [0.05, 0.1) is 7.11 Å². The second-order valence-corrected chi connectivity index (χ2v) is 3.34. The number of aryl methyl sites for hydroxylation is 1. The second-order valence-electron chi connectivity index (χ2n) is 3.34. The van der Waals surface area contributed by atoms with E-state index in [1.165, 1.54) is 13.2 Å². The first-order chi connectivity index (χ1) is 6.60. The average Bonchev–Trinajstić information content (AvgIpc) is 2.16. The Morgan fingerprint density at radius 2 is 2.14 bits per heavy atom. The number of ether oxygens (including phenoxy) is 1. The first-order valence-electron chi connectivity index (χ1n) is 4.72. The number of hydrogen-bond donors (Lipinski definition) is 1. The van der Waals surface area contributed by atoms with E-state index in [2.05, 4.69) is 0 Å². The molecule has 3 heteroatoms. The summed E-state index contributed by atoms with van der Waals surface area (Å²) in [7, 11) is 1.45. The molecule has 0 aromatic heterocycles. The monoisotopic (exact) mass is 197 g/mol. The second kappa shape index (κ2) is 4.42. The lowest BCUT2D eigenvalue weighted by molar-refractivity contribution is 0.378. The average molecular weight is 197 g/mol. The molecule has 0 aliphatic carbocycles. The molecule has 2 N–H and O–H groups in total. The summed E-state index contributed by atoms with van der Waals surface area (Å²) < 4.78 is 18.5. The number of hydrogen-bond acceptors (Lipinski definition) is 2. The van der Waals surface area contributed by atoms with Crippen molar-refractivity contribution in [3.8, 4) is 5.75 Å². The van der Waals surface area contributed by atoms with Crippen LogP contribution in [-0.4, -0.2) is 7.11 Å². The fourth-order valence-corrected chi connectivity index (χ4v) is 1.43. The van der Waals surface area contributed by atoms with E-state index in [1.807, 2.05) is 19.9 Å². The van der Waals surface area contributed by atoms with E-state index < -0.39 is 0 Å². The molecule has 1 rings (SSSR count). The molecule has 0 amide bonds. The van der Waals surface area contributed by atoms with E-state index in [0.717, 1.165) is 17.5 Å². The van der Waals surface area contributed by atoms with E-state index in [0.29, 0.717) is 0 Å². The smallest absolute Gasteiger partial charge is 0.165 e. The Bertz CT molecular complexity index is 323. The van der Waals surface area contributed by atoms with Crippen molar-refractivity contribution in [1.29, 1.82) is 0 Å². The predicted molar refractivity (Wildman–Crippen MR) is 54.9 cm³/mol. The van der Waals surface area contributed by atoms with Crippen LogP contribution in [0.5, 0.6) is 5.75 Å². The lowest BCUT2D eigenvalue weighted by Gasteiger charge is -2.14. The van der Waals surface area contributed by atoms with E-state index in [1.54, 1.807) is 0 Å². The van der Waals surface area contributed by atoms with Crippen molar-refractivity contribution < 1.29 is 9.13 Å². The van der Waals surface area contributed by atoms with Crippen LogP contribution in [0.4, 0.5) is 4.39 Å². The molecular formula is C11H16FNO. The number of rotatable bonds is 3. The van der Waals surface area contributed by atoms with E-state index in [9.17, 15) is 4.39 Å². The zero-order valence-corrected chi connectivity index (χ0v) is 8.80. The van der Waals surface area contributed by atoms with Gasteiger partial charge in [-0.25, -0.2) is 4.39 Å². The molecule has 0 heterocycles. The Hall–Kier alpha value is -1.09. The summed E-state index contributed by atoms with van der Waals surface area (Å²) in [6.45, 7) is 3.79. The highest BCUT2D eigenvalue weighted by Gasteiger charge is 2.13. The lowest BCUT2D eigenvalue weighted by Crippen LogP contribution is -2.09. The molecule has 0 bridgehead atoms. The number of halogens is 1. The highest BCUT2D eigenvalue weighted by atomic mass is 19.1. The SMILES string of the molecule is CCc1cc(F)c(OC)c(C(C)N)c1. The molecule has 1 aromatic rings. The summed E-state index contributed by atoms with van der Waals surface area (Å²) in [5, 5.41) is 0. The van der Waals surface area contributed by atoms with Crippen molar-refractivity contribution in [2.75, 3.05) is 7.11 Å². The van der Waals surface area contributed by atoms with E-state index in [4.69, 9.17) is 10.5 Å². The van der Waals surface area contributed by atoms with Gasteiger partial charge in [-0.1, -0.05) is 13.0 Å². The van der Waals surface area contributed by atoms with Gasteiger partial charge in [-0.05, 0) is 25.0 Å². The number of methoxy groups -OCH3 is 1. The standard InChI is InChI=1S/C11H16FNO/c1-4-8-5-9(7(2)13)11(14-3)10(12)6-8/h5-7H,4,13H2,1-3H3. The Morgan fingerprint density at radius 3 is 2.57 bits per heavy atom. The van der Waals surface area contributed by atoms with Crippen molar-refractivity contribution in [3.63, 3.8) is 0 Å². The molecule has 0 saturated heterocycles. The van der Waals surface area contributed by atoms with Crippen LogP contribution in [0.15, 0.2) is 12.1 Å². The number of nitrogens with two attached hydrogens (primary N) is 1. The molecule has 0 fully saturated rings. The fraction of sp³-hybridized carbons (Fsp3) is 0.455. The van der Waals surface area contributed by atoms with Gasteiger partial charge in [-0.15, -0.1) is 0 Å². The summed E-state index contributed by atoms with van der Waals surface area (Å²) in [5.74, 6) is -0.0728. The minimum Gasteiger partial charge on any atom is -0.493 e. The van der Waals surface area contributed by atoms with Gasteiger partial charge in [0, 0.05) is 11.6 Å². The van der Waals surface area contributed by atoms with Crippen molar-refractivity contribution in [3.05, 3.63) is 29.1 Å². The highest BCUT2D eigenvalue weighted by molar-refractivity contribution is 5.40. The molecule has 0 spiro atoms. The van der Waals surface area contributed by atoms with Crippen molar-refractivity contribution in [1.82, 2.24) is 0 Å². The zero-order valence-electron chi connectivity index (χ0n) is 8.80. The normalized spacial score (nSPS) is 12.6. The van der Waals surface area contributed by atoms with Crippen LogP contribution in [0.25, 0.3) is 0 Å². The van der Waals surface area contributed by atoms with Crippen molar-refractivity contribution >= 4 is 0 Å². The van der Waals surface area contributed by atoms with E-state index in [-0.39, 0.29) is 17.6 Å². The maximum Gasteiger partial charge on any atom is 0.165 e. The summed E-state index contributed by atoms with van der Waals surface area (Å²) >= 11 is 0. The Balaban J connectivity index is 3.28. The van der Waals surface area contributed by atoms with Crippen LogP contribution in [0, 0.1) is 5.82 Å². The molecule has 2 nitrogen and oxygen atoms in total. The van der Waals surface area contributed by atoms with Gasteiger partial charge < -0.3 is 10.5 Å². The molecule has 0 radical (unpaired) electrons. The summed E-state index contributed by atoms with van der Waals surface area (Å²) in [5.41, 5.74) is 7.40. The molecule has 78 valence electrons. The van der Waals surface area contributed by atoms with Crippen LogP contribution < -0.4 is 10.5 Å². The molecule has 1 aromatic carbocycles. The first-order valence-corrected chi connectivity index (χ1v) is 4.72. The first kappa shape index (κ1) is 11.0. The van der Waals surface area contributed by atoms with Crippen LogP contribution >= 0.6 is 0 Å². The van der Waals surface area contributed by atoms with Gasteiger partial charge in [0.15, 0.2) is 11.6 Å². The predicted octanol–water partition coefficient (Wildman–Crippen LogP) is 2.42. The molecule has 0 aliphatic heterocycles. The Kier molecular flexibility index (Phi) is 3.47. The zero-order chi connectivity index (χ0) is 10.7. The van der Waals surface area contributed by atoms with E-state index >= 15 is 0 Å². The van der Waals surface area contributed by atoms with Crippen LogP contribution in [0.2, 0.25) is 0 Å². The Morgan fingerprint density at radius 1 is 1.50 bits per heavy atom. The highest BCUT2D eigenvalue weighted by Crippen LogP contribution is 2.28. The molecule has 1 unspecified atom stereocenters. The molecule has 1 atom stereocenters. The summed E-state index contributed by atoms with van der Waals surface area (Å²) in [4.78, 5) is 0. The van der Waals surface area contributed by atoms with Gasteiger partial charge >= 0.3 is 0 Å². The summed E-state index contributed by atoms with van der Waals surface area (Å²) in [6, 6.07) is 3.17.